The number of sulfone groups is 1. The van der Waals surface area contributed by atoms with E-state index in [1.807, 2.05) is 0 Å². The summed E-state index contributed by atoms with van der Waals surface area (Å²) in [5.41, 5.74) is 0. The van der Waals surface area contributed by atoms with E-state index in [9.17, 15) is 27.6 Å². The maximum atomic E-state index is 11.7. The van der Waals surface area contributed by atoms with Gasteiger partial charge in [-0.2, -0.15) is 9.13 Å². The molecule has 0 atom stereocenters. The molecule has 0 aliphatic rings. The number of aryl methyl sites for hydroxylation is 2. The molecule has 0 unspecified atom stereocenters. The maximum absolute atomic E-state index is 11.7. The molecule has 13 nitrogen and oxygen atoms in total. The van der Waals surface area contributed by atoms with Gasteiger partial charge in [0.15, 0.2) is 9.84 Å². The molecular formula is C13H18BN2O11S+. The quantitative estimate of drug-likeness (QED) is 0.252. The van der Waals surface area contributed by atoms with Crippen LogP contribution in [0.15, 0.2) is 12.4 Å². The van der Waals surface area contributed by atoms with Crippen LogP contribution in [-0.2, 0) is 51.4 Å². The number of carboxylic acids is 2. The van der Waals surface area contributed by atoms with E-state index in [1.54, 1.807) is 6.92 Å². The highest BCUT2D eigenvalue weighted by atomic mass is 32.2. The fraction of sp³-hybridized carbons (Fsp3) is 0.462. The second-order valence-electron chi connectivity index (χ2n) is 5.12. The molecule has 15 heteroatoms. The largest absolute Gasteiger partial charge is 0.873 e. The van der Waals surface area contributed by atoms with Crippen LogP contribution >= 0.6 is 0 Å². The van der Waals surface area contributed by atoms with Crippen LogP contribution < -0.4 is 9.22 Å². The Morgan fingerprint density at radius 2 is 1.64 bits per heavy atom. The molecule has 1 aromatic heterocycles. The van der Waals surface area contributed by atoms with Gasteiger partial charge in [-0.15, -0.1) is 0 Å². The molecule has 0 aromatic carbocycles. The first-order valence-electron chi connectivity index (χ1n) is 7.84. The third kappa shape index (κ3) is 6.57. The lowest BCUT2D eigenvalue weighted by Crippen LogP contribution is -2.45. The lowest BCUT2D eigenvalue weighted by atomic mass is 10.2. The Hall–Kier alpha value is -3.10. The molecule has 154 valence electrons. The Bertz CT molecular complexity index is 836. The first-order valence-corrected chi connectivity index (χ1v) is 9.66. The van der Waals surface area contributed by atoms with Gasteiger partial charge in [-0.25, -0.2) is 27.6 Å². The summed E-state index contributed by atoms with van der Waals surface area (Å²) in [6.45, 7) is 3.36. The summed E-state index contributed by atoms with van der Waals surface area (Å²) < 4.78 is 39.9. The summed E-state index contributed by atoms with van der Waals surface area (Å²) >= 11 is 0. The molecule has 0 bridgehead atoms. The van der Waals surface area contributed by atoms with E-state index < -0.39 is 41.0 Å². The highest BCUT2D eigenvalue weighted by Gasteiger charge is 2.42. The number of carbonyl (C=O) groups is 4. The number of aliphatic carboxylic acids is 2. The van der Waals surface area contributed by atoms with Gasteiger partial charge >= 0.3 is 37.2 Å². The number of imidazole rings is 1. The van der Waals surface area contributed by atoms with Crippen molar-refractivity contribution in [3.63, 3.8) is 0 Å². The summed E-state index contributed by atoms with van der Waals surface area (Å²) in [4.78, 5) is 43.7. The van der Waals surface area contributed by atoms with E-state index in [1.165, 1.54) is 28.5 Å². The molecular weight excluding hydrogens is 403 g/mol. The summed E-state index contributed by atoms with van der Waals surface area (Å²) in [7, 11) is -5.66. The number of hydrogen-bond donors (Lipinski definition) is 2. The Morgan fingerprint density at radius 1 is 1.11 bits per heavy atom. The predicted octanol–water partition coefficient (Wildman–Crippen LogP) is -2.15. The minimum absolute atomic E-state index is 0.0784. The zero-order chi connectivity index (χ0) is 21.5. The fourth-order valence-corrected chi connectivity index (χ4v) is 2.58. The summed E-state index contributed by atoms with van der Waals surface area (Å²) in [5, 5.41) is 17.2. The van der Waals surface area contributed by atoms with Gasteiger partial charge in [-0.1, -0.05) is 6.92 Å². The van der Waals surface area contributed by atoms with Crippen LogP contribution in [0.2, 0.25) is 0 Å². The van der Waals surface area contributed by atoms with Crippen LogP contribution in [0.5, 0.6) is 6.01 Å². The van der Waals surface area contributed by atoms with Gasteiger partial charge in [0.1, 0.15) is 18.9 Å². The standard InChI is InChI=1S/C13H17BN2O11S/c1-3-15-5-6-16(7-8-28(23,24)4-2)13(15)27-14(25-11(21)9(17)18)26-12(22)10(19)20/h5-6H,3-4,7-8H2,1-2H3,(H-,17,18,19,20)/p+1. The van der Waals surface area contributed by atoms with Crippen LogP contribution in [0.3, 0.4) is 0 Å². The molecule has 0 fully saturated rings. The van der Waals surface area contributed by atoms with Crippen molar-refractivity contribution < 1.29 is 56.3 Å². The summed E-state index contributed by atoms with van der Waals surface area (Å²) in [5.74, 6) is -8.14. The topological polar surface area (TPSA) is 179 Å². The number of nitrogens with zero attached hydrogens (tertiary/aromatic N) is 2. The lowest BCUT2D eigenvalue weighted by Gasteiger charge is -2.11. The molecule has 0 saturated carbocycles. The molecule has 0 amide bonds. The molecule has 0 saturated heterocycles. The first kappa shape index (κ1) is 22.9. The highest BCUT2D eigenvalue weighted by molar-refractivity contribution is 7.91. The second-order valence-corrected chi connectivity index (χ2v) is 7.60. The van der Waals surface area contributed by atoms with Gasteiger partial charge in [0.05, 0.1) is 12.3 Å². The van der Waals surface area contributed by atoms with Crippen LogP contribution in [0.25, 0.3) is 0 Å². The van der Waals surface area contributed by atoms with E-state index in [4.69, 9.17) is 14.9 Å². The van der Waals surface area contributed by atoms with Gasteiger partial charge in [0.25, 0.3) is 0 Å². The second kappa shape index (κ2) is 9.73. The molecule has 1 aromatic rings. The molecule has 1 rings (SSSR count). The number of hydrogen-bond acceptors (Lipinski definition) is 9. The third-order valence-corrected chi connectivity index (χ3v) is 4.98. The van der Waals surface area contributed by atoms with Gasteiger partial charge in [0.2, 0.25) is 0 Å². The normalized spacial score (nSPS) is 10.8. The van der Waals surface area contributed by atoms with Crippen molar-refractivity contribution >= 4 is 41.0 Å². The Kier molecular flexibility index (Phi) is 7.97. The first-order chi connectivity index (χ1) is 13.0. The molecule has 2 N–H and O–H groups in total. The minimum Gasteiger partial charge on any atom is -0.473 e. The Morgan fingerprint density at radius 3 is 2.07 bits per heavy atom. The SMILES string of the molecule is CCn1cc[n+](CCS(=O)(=O)CC)c1OB(OC(=O)C(=O)O)OC(=O)C(=O)O. The number of rotatable bonds is 9. The van der Waals surface area contributed by atoms with Crippen molar-refractivity contribution in [2.45, 2.75) is 26.9 Å². The van der Waals surface area contributed by atoms with E-state index in [0.717, 1.165) is 0 Å². The highest BCUT2D eigenvalue weighted by Crippen LogP contribution is 2.09. The average molecular weight is 421 g/mol. The monoisotopic (exact) mass is 421 g/mol. The number of carboxylic acid groups (broad SMARTS) is 2. The molecule has 28 heavy (non-hydrogen) atoms. The van der Waals surface area contributed by atoms with Crippen molar-refractivity contribution in [1.82, 2.24) is 4.57 Å². The van der Waals surface area contributed by atoms with Crippen LogP contribution in [-0.4, -0.2) is 65.9 Å². The van der Waals surface area contributed by atoms with Crippen molar-refractivity contribution in [2.75, 3.05) is 11.5 Å². The molecule has 0 aliphatic carbocycles. The summed E-state index contributed by atoms with van der Waals surface area (Å²) in [6.07, 6.45) is 2.90. The van der Waals surface area contributed by atoms with Gasteiger partial charge < -0.3 is 24.2 Å². The van der Waals surface area contributed by atoms with Crippen molar-refractivity contribution in [3.05, 3.63) is 12.4 Å². The van der Waals surface area contributed by atoms with E-state index >= 15 is 0 Å². The van der Waals surface area contributed by atoms with Crippen molar-refractivity contribution in [3.8, 4) is 6.01 Å². The van der Waals surface area contributed by atoms with Gasteiger partial charge in [0, 0.05) is 5.75 Å². The minimum atomic E-state index is -3.33. The smallest absolute Gasteiger partial charge is 0.473 e. The fourth-order valence-electron chi connectivity index (χ4n) is 1.82. The van der Waals surface area contributed by atoms with Gasteiger partial charge in [-0.3, -0.25) is 0 Å². The number of carbonyl (C=O) groups excluding carboxylic acids is 2. The van der Waals surface area contributed by atoms with Crippen LogP contribution in [0.4, 0.5) is 0 Å². The predicted molar refractivity (Wildman–Crippen MR) is 88.5 cm³/mol. The zero-order valence-electron chi connectivity index (χ0n) is 14.9. The third-order valence-electron chi connectivity index (χ3n) is 3.30. The zero-order valence-corrected chi connectivity index (χ0v) is 15.7. The van der Waals surface area contributed by atoms with E-state index in [-0.39, 0.29) is 30.6 Å². The molecule has 0 aliphatic heterocycles. The van der Waals surface area contributed by atoms with Crippen molar-refractivity contribution in [2.24, 2.45) is 0 Å². The van der Waals surface area contributed by atoms with E-state index in [2.05, 4.69) is 9.31 Å². The van der Waals surface area contributed by atoms with Crippen LogP contribution in [0, 0.1) is 0 Å². The van der Waals surface area contributed by atoms with Gasteiger partial charge in [-0.05, 0) is 6.92 Å². The van der Waals surface area contributed by atoms with Crippen LogP contribution in [0.1, 0.15) is 13.8 Å². The Balaban J connectivity index is 3.12. The molecule has 0 radical (unpaired) electrons. The van der Waals surface area contributed by atoms with E-state index in [0.29, 0.717) is 0 Å². The summed E-state index contributed by atoms with van der Waals surface area (Å²) in [6, 6.07) is -0.157. The van der Waals surface area contributed by atoms with Crippen molar-refractivity contribution in [1.29, 1.82) is 0 Å². The average Bonchev–Trinajstić information content (AvgIpc) is 3.01. The lowest BCUT2D eigenvalue weighted by molar-refractivity contribution is -0.695. The molecule has 0 spiro atoms. The molecule has 1 heterocycles. The number of aromatic nitrogens is 2. The Labute approximate surface area is 159 Å². The maximum Gasteiger partial charge on any atom is 0.873 e.